The number of rotatable bonds is 10. The van der Waals surface area contributed by atoms with Gasteiger partial charge in [-0.2, -0.15) is 0 Å². The Hall–Kier alpha value is -3.76. The van der Waals surface area contributed by atoms with Gasteiger partial charge in [-0.05, 0) is 24.3 Å². The van der Waals surface area contributed by atoms with E-state index in [1.54, 1.807) is 12.1 Å². The molecule has 0 aliphatic heterocycles. The second-order valence-electron chi connectivity index (χ2n) is 6.62. The van der Waals surface area contributed by atoms with E-state index in [2.05, 4.69) is 5.32 Å². The van der Waals surface area contributed by atoms with Crippen molar-refractivity contribution in [3.05, 3.63) is 47.5 Å². The number of carboxylic acid groups (broad SMARTS) is 1. The molecule has 0 aliphatic carbocycles. The highest BCUT2D eigenvalue weighted by Crippen LogP contribution is 2.35. The first-order valence-corrected chi connectivity index (χ1v) is 9.34. The molecule has 0 bridgehead atoms. The third-order valence-corrected chi connectivity index (χ3v) is 4.73. The summed E-state index contributed by atoms with van der Waals surface area (Å²) in [7, 11) is 5.81. The smallest absolute Gasteiger partial charge is 0.330 e. The van der Waals surface area contributed by atoms with Gasteiger partial charge in [-0.3, -0.25) is 4.79 Å². The van der Waals surface area contributed by atoms with E-state index in [0.717, 1.165) is 0 Å². The van der Waals surface area contributed by atoms with E-state index in [1.165, 1.54) is 58.8 Å². The maximum Gasteiger partial charge on any atom is 0.330 e. The Balaban J connectivity index is 2.34. The lowest BCUT2D eigenvalue weighted by atomic mass is 9.90. The molecule has 2 aromatic rings. The van der Waals surface area contributed by atoms with Gasteiger partial charge in [0.25, 0.3) is 0 Å². The fraction of sp³-hybridized carbons (Fsp3) is 0.273. The highest BCUT2D eigenvalue weighted by Gasteiger charge is 2.38. The Morgan fingerprint density at radius 1 is 1.00 bits per heavy atom. The maximum absolute atomic E-state index is 12.5. The summed E-state index contributed by atoms with van der Waals surface area (Å²) in [5.74, 6) is -0.393. The molecule has 0 saturated heterocycles. The highest BCUT2D eigenvalue weighted by molar-refractivity contribution is 6.02. The number of carbonyl (C=O) groups excluding carboxylic acids is 1. The lowest BCUT2D eigenvalue weighted by molar-refractivity contribution is -0.145. The van der Waals surface area contributed by atoms with Crippen LogP contribution in [0.2, 0.25) is 0 Å². The Labute approximate surface area is 185 Å². The summed E-state index contributed by atoms with van der Waals surface area (Å²) in [4.78, 5) is 24.1. The molecule has 10 nitrogen and oxygen atoms in total. The fourth-order valence-corrected chi connectivity index (χ4v) is 2.94. The van der Waals surface area contributed by atoms with Crippen LogP contribution in [0.25, 0.3) is 6.08 Å². The van der Waals surface area contributed by atoms with Crippen LogP contribution in [0.3, 0.4) is 0 Å². The number of amides is 1. The zero-order valence-electron chi connectivity index (χ0n) is 18.2. The van der Waals surface area contributed by atoms with Crippen molar-refractivity contribution >= 4 is 23.6 Å². The molecular weight excluding hydrogens is 420 g/mol. The van der Waals surface area contributed by atoms with E-state index in [-0.39, 0.29) is 17.0 Å². The van der Waals surface area contributed by atoms with Gasteiger partial charge in [0.1, 0.15) is 23.0 Å². The number of carbonyl (C=O) groups is 2. The number of anilines is 1. The average Bonchev–Trinajstić information content (AvgIpc) is 2.81. The summed E-state index contributed by atoms with van der Waals surface area (Å²) in [6.07, 6.45) is 2.77. The molecule has 172 valence electrons. The Kier molecular flexibility index (Phi) is 8.05. The van der Waals surface area contributed by atoms with Gasteiger partial charge in [0, 0.05) is 29.5 Å². The number of carboxylic acids is 1. The van der Waals surface area contributed by atoms with E-state index in [4.69, 9.17) is 24.7 Å². The first-order valence-electron chi connectivity index (χ1n) is 9.34. The van der Waals surface area contributed by atoms with Gasteiger partial charge in [-0.15, -0.1) is 0 Å². The van der Waals surface area contributed by atoms with Crippen LogP contribution in [-0.2, 0) is 15.1 Å². The quantitative estimate of drug-likeness (QED) is 0.399. The van der Waals surface area contributed by atoms with E-state index in [1.807, 2.05) is 0 Å². The molecule has 2 rings (SSSR count). The van der Waals surface area contributed by atoms with Crippen molar-refractivity contribution in [2.45, 2.75) is 5.54 Å². The normalized spacial score (nSPS) is 12.7. The monoisotopic (exact) mass is 446 g/mol. The molecule has 32 heavy (non-hydrogen) atoms. The predicted molar refractivity (Wildman–Crippen MR) is 117 cm³/mol. The number of methoxy groups -OCH3 is 4. The van der Waals surface area contributed by atoms with E-state index in [0.29, 0.717) is 22.8 Å². The summed E-state index contributed by atoms with van der Waals surface area (Å²) < 4.78 is 21.0. The standard InChI is InChI=1S/C22H26N2O8/c1-29-14-10-18(31-3)15(19(11-14)32-4)6-8-20(26)24-13-5-7-17(30-2)16(9-13)22(23,12-25)21(27)28/h5-11,25H,12,23H2,1-4H3,(H,24,26)(H,27,28)/t22-/m1/s1. The van der Waals surface area contributed by atoms with Crippen molar-refractivity contribution in [3.63, 3.8) is 0 Å². The molecule has 0 saturated carbocycles. The minimum Gasteiger partial charge on any atom is -0.496 e. The van der Waals surface area contributed by atoms with Crippen molar-refractivity contribution in [1.82, 2.24) is 0 Å². The SMILES string of the molecule is COc1cc(OC)c(C=CC(=O)Nc2ccc(OC)c([C@](N)(CO)C(=O)O)c2)c(OC)c1. The Morgan fingerprint density at radius 2 is 1.59 bits per heavy atom. The van der Waals surface area contributed by atoms with E-state index in [9.17, 15) is 19.8 Å². The van der Waals surface area contributed by atoms with Crippen LogP contribution in [0.1, 0.15) is 11.1 Å². The number of aliphatic hydroxyl groups is 1. The molecule has 0 spiro atoms. The van der Waals surface area contributed by atoms with E-state index >= 15 is 0 Å². The van der Waals surface area contributed by atoms with Crippen LogP contribution >= 0.6 is 0 Å². The molecule has 0 heterocycles. The van der Waals surface area contributed by atoms with E-state index < -0.39 is 24.0 Å². The van der Waals surface area contributed by atoms with Crippen LogP contribution in [-0.4, -0.2) is 57.1 Å². The molecular formula is C22H26N2O8. The summed E-state index contributed by atoms with van der Waals surface area (Å²) in [5, 5.41) is 21.6. The molecule has 2 aromatic carbocycles. The summed E-state index contributed by atoms with van der Waals surface area (Å²) in [6.45, 7) is -0.868. The third kappa shape index (κ3) is 5.10. The van der Waals surface area contributed by atoms with Crippen molar-refractivity contribution in [2.75, 3.05) is 40.4 Å². The van der Waals surface area contributed by atoms with Gasteiger partial charge in [-0.1, -0.05) is 0 Å². The summed E-state index contributed by atoms with van der Waals surface area (Å²) in [5.41, 5.74) is 4.55. The predicted octanol–water partition coefficient (Wildman–Crippen LogP) is 1.60. The number of hydrogen-bond donors (Lipinski definition) is 4. The summed E-state index contributed by atoms with van der Waals surface area (Å²) >= 11 is 0. The second-order valence-corrected chi connectivity index (χ2v) is 6.62. The number of ether oxygens (including phenoxy) is 4. The molecule has 0 radical (unpaired) electrons. The van der Waals surface area contributed by atoms with Gasteiger partial charge < -0.3 is 40.2 Å². The molecule has 0 aliphatic rings. The number of nitrogens with one attached hydrogen (secondary N) is 1. The van der Waals surface area contributed by atoms with Crippen LogP contribution in [0.15, 0.2) is 36.4 Å². The maximum atomic E-state index is 12.5. The zero-order valence-corrected chi connectivity index (χ0v) is 18.2. The number of benzene rings is 2. The molecule has 0 aromatic heterocycles. The molecule has 0 unspecified atom stereocenters. The van der Waals surface area contributed by atoms with Gasteiger partial charge in [0.05, 0.1) is 40.6 Å². The third-order valence-electron chi connectivity index (χ3n) is 4.73. The molecule has 5 N–H and O–H groups in total. The fourth-order valence-electron chi connectivity index (χ4n) is 2.94. The largest absolute Gasteiger partial charge is 0.496 e. The topological polar surface area (TPSA) is 150 Å². The van der Waals surface area contributed by atoms with Crippen LogP contribution in [0.4, 0.5) is 5.69 Å². The second kappa shape index (κ2) is 10.5. The first kappa shape index (κ1) is 24.5. The number of aliphatic carboxylic acids is 1. The van der Waals surface area contributed by atoms with Crippen LogP contribution < -0.4 is 30.0 Å². The number of nitrogens with two attached hydrogens (primary N) is 1. The summed E-state index contributed by atoms with van der Waals surface area (Å²) in [6, 6.07) is 7.60. The molecule has 0 fully saturated rings. The van der Waals surface area contributed by atoms with Gasteiger partial charge in [0.2, 0.25) is 5.91 Å². The van der Waals surface area contributed by atoms with Crippen LogP contribution in [0, 0.1) is 0 Å². The lowest BCUT2D eigenvalue weighted by Crippen LogP contribution is -2.48. The number of hydrogen-bond acceptors (Lipinski definition) is 8. The van der Waals surface area contributed by atoms with Crippen LogP contribution in [0.5, 0.6) is 23.0 Å². The van der Waals surface area contributed by atoms with Crippen molar-refractivity contribution in [2.24, 2.45) is 5.73 Å². The van der Waals surface area contributed by atoms with Gasteiger partial charge in [-0.25, -0.2) is 4.79 Å². The molecule has 10 heteroatoms. The lowest BCUT2D eigenvalue weighted by Gasteiger charge is -2.25. The minimum atomic E-state index is -2.11. The van der Waals surface area contributed by atoms with Gasteiger partial charge >= 0.3 is 5.97 Å². The van der Waals surface area contributed by atoms with Crippen molar-refractivity contribution in [1.29, 1.82) is 0 Å². The van der Waals surface area contributed by atoms with Crippen molar-refractivity contribution in [3.8, 4) is 23.0 Å². The number of aliphatic hydroxyl groups excluding tert-OH is 1. The highest BCUT2D eigenvalue weighted by atomic mass is 16.5. The zero-order chi connectivity index (χ0) is 23.9. The van der Waals surface area contributed by atoms with Crippen molar-refractivity contribution < 1.29 is 38.7 Å². The Bertz CT molecular complexity index is 996. The minimum absolute atomic E-state index is 0.00951. The Morgan fingerprint density at radius 3 is 2.06 bits per heavy atom. The van der Waals surface area contributed by atoms with Gasteiger partial charge in [0.15, 0.2) is 5.54 Å². The first-order chi connectivity index (χ1) is 15.2. The average molecular weight is 446 g/mol. The molecule has 1 atom stereocenters. The molecule has 1 amide bonds.